The fourth-order valence-corrected chi connectivity index (χ4v) is 6.40. The van der Waals surface area contributed by atoms with Crippen LogP contribution in [0.1, 0.15) is 73.6 Å². The molecule has 1 unspecified atom stereocenters. The Labute approximate surface area is 262 Å². The van der Waals surface area contributed by atoms with Crippen molar-refractivity contribution >= 4 is 22.9 Å². The zero-order chi connectivity index (χ0) is 33.0. The van der Waals surface area contributed by atoms with Crippen LogP contribution in [0.5, 0.6) is 0 Å². The Kier molecular flexibility index (Phi) is 10.9. The monoisotopic (exact) mass is 625 g/mol. The number of urea groups is 1. The van der Waals surface area contributed by atoms with Crippen molar-refractivity contribution < 1.29 is 28.9 Å². The lowest BCUT2D eigenvalue weighted by Gasteiger charge is -2.33. The van der Waals surface area contributed by atoms with Gasteiger partial charge in [-0.2, -0.15) is 0 Å². The number of cyclic esters (lactones) is 1. The van der Waals surface area contributed by atoms with Crippen LogP contribution < -0.4 is 11.3 Å². The Morgan fingerprint density at radius 2 is 1.71 bits per heavy atom. The minimum Gasteiger partial charge on any atom is -0.458 e. The third-order valence-corrected chi connectivity index (χ3v) is 8.64. The second-order valence-corrected chi connectivity index (χ2v) is 10.9. The molecule has 0 spiro atoms. The molecule has 0 radical (unpaired) electrons. The van der Waals surface area contributed by atoms with E-state index in [1.165, 1.54) is 6.07 Å². The van der Waals surface area contributed by atoms with Crippen LogP contribution in [-0.4, -0.2) is 80.9 Å². The van der Waals surface area contributed by atoms with Gasteiger partial charge in [-0.25, -0.2) is 19.0 Å². The van der Waals surface area contributed by atoms with Crippen molar-refractivity contribution in [2.24, 2.45) is 5.73 Å². The third-order valence-electron chi connectivity index (χ3n) is 8.64. The summed E-state index contributed by atoms with van der Waals surface area (Å²) in [6.07, 6.45) is 1.12. The van der Waals surface area contributed by atoms with E-state index < -0.39 is 12.1 Å². The Morgan fingerprint density at radius 3 is 2.36 bits per heavy atom. The zero-order valence-electron chi connectivity index (χ0n) is 26.8. The van der Waals surface area contributed by atoms with E-state index in [1.54, 1.807) is 22.5 Å². The molecule has 2 aromatic heterocycles. The van der Waals surface area contributed by atoms with Gasteiger partial charge in [0, 0.05) is 55.3 Å². The molecule has 3 aliphatic heterocycles. The predicted molar refractivity (Wildman–Crippen MR) is 169 cm³/mol. The maximum atomic E-state index is 14.5. The number of β-amino-alcohol motifs (C(OH)–C–C–N with tert-alkyl or cyclic N) is 1. The molecule has 45 heavy (non-hydrogen) atoms. The summed E-state index contributed by atoms with van der Waals surface area (Å²) in [5.41, 5.74) is 11.0. The van der Waals surface area contributed by atoms with Gasteiger partial charge in [0.2, 0.25) is 0 Å². The van der Waals surface area contributed by atoms with Crippen molar-refractivity contribution in [3.05, 3.63) is 61.7 Å². The van der Waals surface area contributed by atoms with E-state index in [9.17, 15) is 23.9 Å². The average molecular weight is 626 g/mol. The summed E-state index contributed by atoms with van der Waals surface area (Å²) in [4.78, 5) is 44.0. The van der Waals surface area contributed by atoms with E-state index in [4.69, 9.17) is 20.6 Å². The number of aliphatic hydroxyl groups excluding tert-OH is 2. The summed E-state index contributed by atoms with van der Waals surface area (Å²) >= 11 is 0. The summed E-state index contributed by atoms with van der Waals surface area (Å²) in [5.74, 6) is -1.03. The lowest BCUT2D eigenvalue weighted by Crippen LogP contribution is -2.50. The lowest BCUT2D eigenvalue weighted by atomic mass is 9.85. The van der Waals surface area contributed by atoms with Crippen molar-refractivity contribution in [2.75, 3.05) is 39.3 Å². The van der Waals surface area contributed by atoms with Crippen LogP contribution in [0.4, 0.5) is 9.18 Å². The number of hydrogen-bond acceptors (Lipinski definition) is 8. The van der Waals surface area contributed by atoms with E-state index in [0.29, 0.717) is 54.2 Å². The Bertz CT molecular complexity index is 1650. The SMILES string of the molecule is CC.CC.Cc1c(F)cc2nc3c(c4c2c1CCC4)Cn1c-3cc2c(c1=O)COC(=O)C2O.NC(=O)N1CCN(CCO)CC1. The number of halogens is 1. The van der Waals surface area contributed by atoms with Crippen LogP contribution in [0, 0.1) is 12.7 Å². The van der Waals surface area contributed by atoms with Gasteiger partial charge in [0.25, 0.3) is 5.56 Å². The van der Waals surface area contributed by atoms with E-state index in [-0.39, 0.29) is 36.2 Å². The number of primary amides is 1. The highest BCUT2D eigenvalue weighted by Crippen LogP contribution is 2.42. The van der Waals surface area contributed by atoms with Gasteiger partial charge in [-0.15, -0.1) is 0 Å². The van der Waals surface area contributed by atoms with Crippen LogP contribution in [0.15, 0.2) is 16.9 Å². The molecule has 5 heterocycles. The maximum Gasteiger partial charge on any atom is 0.340 e. The maximum absolute atomic E-state index is 14.5. The molecule has 1 fully saturated rings. The number of carbonyl (C=O) groups is 2. The fraction of sp³-hybridized carbons (Fsp3) is 0.515. The molecule has 11 nitrogen and oxygen atoms in total. The number of aromatic nitrogens is 2. The average Bonchev–Trinajstić information content (AvgIpc) is 3.43. The highest BCUT2D eigenvalue weighted by molar-refractivity contribution is 5.92. The first-order valence-electron chi connectivity index (χ1n) is 15.8. The van der Waals surface area contributed by atoms with Crippen molar-refractivity contribution in [1.29, 1.82) is 0 Å². The number of ether oxygens (including phenoxy) is 1. The molecule has 2 amide bonds. The molecule has 1 saturated heterocycles. The van der Waals surface area contributed by atoms with E-state index >= 15 is 0 Å². The molecule has 4 aliphatic rings. The topological polar surface area (TPSA) is 151 Å². The van der Waals surface area contributed by atoms with Crippen LogP contribution in [0.25, 0.3) is 22.3 Å². The van der Waals surface area contributed by atoms with Gasteiger partial charge >= 0.3 is 12.0 Å². The molecule has 1 aromatic carbocycles. The van der Waals surface area contributed by atoms with Gasteiger partial charge in [-0.1, -0.05) is 27.7 Å². The van der Waals surface area contributed by atoms with Crippen LogP contribution in [-0.2, 0) is 35.5 Å². The number of carbonyl (C=O) groups excluding carboxylic acids is 2. The molecule has 12 heteroatoms. The van der Waals surface area contributed by atoms with Crippen LogP contribution in [0.3, 0.4) is 0 Å². The van der Waals surface area contributed by atoms with Gasteiger partial charge in [0.1, 0.15) is 12.4 Å². The van der Waals surface area contributed by atoms with Gasteiger partial charge in [0.05, 0.1) is 35.6 Å². The molecule has 7 rings (SSSR count). The molecular weight excluding hydrogens is 581 g/mol. The largest absolute Gasteiger partial charge is 0.458 e. The number of rotatable bonds is 2. The normalized spacial score (nSPS) is 17.7. The minimum atomic E-state index is -1.48. The van der Waals surface area contributed by atoms with Gasteiger partial charge in [-0.3, -0.25) is 9.69 Å². The summed E-state index contributed by atoms with van der Waals surface area (Å²) in [5, 5.41) is 19.9. The highest BCUT2D eigenvalue weighted by atomic mass is 19.1. The van der Waals surface area contributed by atoms with Crippen molar-refractivity contribution in [1.82, 2.24) is 19.4 Å². The molecule has 0 bridgehead atoms. The number of nitrogens with two attached hydrogens (primary N) is 1. The molecule has 4 N–H and O–H groups in total. The summed E-state index contributed by atoms with van der Waals surface area (Å²) in [7, 11) is 0. The molecule has 0 saturated carbocycles. The predicted octanol–water partition coefficient (Wildman–Crippen LogP) is 3.18. The first-order chi connectivity index (χ1) is 21.7. The number of aliphatic hydroxyl groups is 2. The Morgan fingerprint density at radius 1 is 1.04 bits per heavy atom. The quantitative estimate of drug-likeness (QED) is 0.288. The fourth-order valence-electron chi connectivity index (χ4n) is 6.40. The van der Waals surface area contributed by atoms with E-state index in [0.717, 1.165) is 54.4 Å². The van der Waals surface area contributed by atoms with Crippen LogP contribution in [0.2, 0.25) is 0 Å². The number of aryl methyl sites for hydroxylation is 2. The van der Waals surface area contributed by atoms with E-state index in [2.05, 4.69) is 4.90 Å². The first kappa shape index (κ1) is 34.0. The van der Waals surface area contributed by atoms with Crippen molar-refractivity contribution in [3.63, 3.8) is 0 Å². The zero-order valence-corrected chi connectivity index (χ0v) is 26.8. The standard InChI is InChI=1S/C22H17FN2O4.C7H15N3O2.2C2H6/c1-9-10-3-2-4-11-13-7-25-17(19(13)24-16(18(10)11)6-15(9)23)5-12-14(21(25)27)8-29-22(28)20(12)26;8-7(12)10-3-1-9(2-4-10)5-6-11;2*1-2/h5-6,20,26H,2-4,7-8H2,1H3;11H,1-6H2,(H2,8,12);2*1-2H3. The molecule has 244 valence electrons. The van der Waals surface area contributed by atoms with Crippen molar-refractivity contribution in [2.45, 2.75) is 73.1 Å². The van der Waals surface area contributed by atoms with E-state index in [1.807, 2.05) is 27.7 Å². The third kappa shape index (κ3) is 6.31. The lowest BCUT2D eigenvalue weighted by molar-refractivity contribution is -0.157. The number of piperazine rings is 1. The molecular formula is C33H44FN5O6. The second-order valence-electron chi connectivity index (χ2n) is 10.9. The number of fused-ring (bicyclic) bond motifs is 5. The highest BCUT2D eigenvalue weighted by Gasteiger charge is 2.35. The smallest absolute Gasteiger partial charge is 0.340 e. The number of benzene rings is 1. The summed E-state index contributed by atoms with van der Waals surface area (Å²) in [6.45, 7) is 13.9. The molecule has 1 aliphatic carbocycles. The number of esters is 1. The summed E-state index contributed by atoms with van der Waals surface area (Å²) < 4.78 is 21.1. The van der Waals surface area contributed by atoms with Crippen molar-refractivity contribution in [3.8, 4) is 11.4 Å². The Balaban J connectivity index is 0.000000243. The number of amides is 2. The van der Waals surface area contributed by atoms with Crippen LogP contribution >= 0.6 is 0 Å². The molecule has 3 aromatic rings. The number of pyridine rings is 2. The van der Waals surface area contributed by atoms with Gasteiger partial charge in [0.15, 0.2) is 6.10 Å². The minimum absolute atomic E-state index is 0.141. The van der Waals surface area contributed by atoms with Gasteiger partial charge in [-0.05, 0) is 48.9 Å². The first-order valence-corrected chi connectivity index (χ1v) is 15.8. The second kappa shape index (κ2) is 14.5. The summed E-state index contributed by atoms with van der Waals surface area (Å²) in [6, 6.07) is 2.78. The van der Waals surface area contributed by atoms with Gasteiger partial charge < -0.3 is 30.2 Å². The Hall–Kier alpha value is -3.87. The number of nitrogens with zero attached hydrogens (tertiary/aromatic N) is 4. The number of hydrogen-bond donors (Lipinski definition) is 3. The molecule has 1 atom stereocenters.